The number of hydrogen-bond acceptors (Lipinski definition) is 6. The molecule has 122 valence electrons. The summed E-state index contributed by atoms with van der Waals surface area (Å²) in [6, 6.07) is 0. The standard InChI is InChI=1S/C14H23N5O2S/c1-6-7-8-15-11-10-9-16-19(14(2,3)4)12(10)18-13(17-11)22(5,20)21/h9H,6-8H2,1-5H3,(H,15,17,18). The van der Waals surface area contributed by atoms with E-state index in [4.69, 9.17) is 0 Å². The summed E-state index contributed by atoms with van der Waals surface area (Å²) >= 11 is 0. The number of hydrogen-bond donors (Lipinski definition) is 1. The van der Waals surface area contributed by atoms with Gasteiger partial charge in [-0.1, -0.05) is 13.3 Å². The van der Waals surface area contributed by atoms with Crippen LogP contribution >= 0.6 is 0 Å². The van der Waals surface area contributed by atoms with Crippen LogP contribution in [-0.2, 0) is 15.4 Å². The second kappa shape index (κ2) is 5.83. The van der Waals surface area contributed by atoms with Crippen LogP contribution in [0.25, 0.3) is 11.0 Å². The maximum atomic E-state index is 11.9. The minimum Gasteiger partial charge on any atom is -0.369 e. The van der Waals surface area contributed by atoms with Crippen molar-refractivity contribution in [2.24, 2.45) is 0 Å². The third kappa shape index (κ3) is 3.37. The van der Waals surface area contributed by atoms with Gasteiger partial charge in [0.05, 0.1) is 17.1 Å². The maximum absolute atomic E-state index is 11.9. The number of nitrogens with zero attached hydrogens (tertiary/aromatic N) is 4. The molecule has 0 unspecified atom stereocenters. The van der Waals surface area contributed by atoms with E-state index in [1.54, 1.807) is 10.9 Å². The van der Waals surface area contributed by atoms with Gasteiger partial charge in [0.25, 0.3) is 5.16 Å². The molecule has 0 atom stereocenters. The highest BCUT2D eigenvalue weighted by atomic mass is 32.2. The fraction of sp³-hybridized carbons (Fsp3) is 0.643. The topological polar surface area (TPSA) is 89.8 Å². The zero-order chi connectivity index (χ0) is 16.5. The van der Waals surface area contributed by atoms with E-state index in [0.29, 0.717) is 11.5 Å². The van der Waals surface area contributed by atoms with Crippen LogP contribution in [0.4, 0.5) is 5.82 Å². The minimum absolute atomic E-state index is 0.176. The van der Waals surface area contributed by atoms with Crippen molar-refractivity contribution in [2.45, 2.75) is 51.2 Å². The van der Waals surface area contributed by atoms with Gasteiger partial charge in [0, 0.05) is 12.8 Å². The summed E-state index contributed by atoms with van der Waals surface area (Å²) in [5.41, 5.74) is 0.230. The Morgan fingerprint density at radius 1 is 1.27 bits per heavy atom. The van der Waals surface area contributed by atoms with Crippen LogP contribution in [0.2, 0.25) is 0 Å². The molecule has 0 radical (unpaired) electrons. The summed E-state index contributed by atoms with van der Waals surface area (Å²) in [6.07, 6.45) is 4.82. The largest absolute Gasteiger partial charge is 0.369 e. The molecule has 0 amide bonds. The molecule has 0 bridgehead atoms. The van der Waals surface area contributed by atoms with Gasteiger partial charge in [-0.05, 0) is 27.2 Å². The van der Waals surface area contributed by atoms with Crippen LogP contribution in [-0.4, -0.2) is 41.0 Å². The molecule has 22 heavy (non-hydrogen) atoms. The van der Waals surface area contributed by atoms with Gasteiger partial charge in [-0.3, -0.25) is 0 Å². The van der Waals surface area contributed by atoms with Crippen LogP contribution in [0.3, 0.4) is 0 Å². The molecule has 0 aromatic carbocycles. The van der Waals surface area contributed by atoms with E-state index < -0.39 is 9.84 Å². The van der Waals surface area contributed by atoms with Crippen LogP contribution in [0.5, 0.6) is 0 Å². The average Bonchev–Trinajstić information content (AvgIpc) is 2.81. The molecule has 0 fully saturated rings. The fourth-order valence-electron chi connectivity index (χ4n) is 2.06. The van der Waals surface area contributed by atoms with Gasteiger partial charge in [-0.25, -0.2) is 18.1 Å². The summed E-state index contributed by atoms with van der Waals surface area (Å²) in [5.74, 6) is 0.523. The Labute approximate surface area is 131 Å². The van der Waals surface area contributed by atoms with Crippen molar-refractivity contribution >= 4 is 26.7 Å². The number of fused-ring (bicyclic) bond motifs is 1. The monoisotopic (exact) mass is 325 g/mol. The van der Waals surface area contributed by atoms with Gasteiger partial charge >= 0.3 is 0 Å². The van der Waals surface area contributed by atoms with Gasteiger partial charge < -0.3 is 5.32 Å². The summed E-state index contributed by atoms with van der Waals surface area (Å²) in [4.78, 5) is 8.40. The molecule has 0 aliphatic rings. The van der Waals surface area contributed by atoms with Gasteiger partial charge in [0.2, 0.25) is 9.84 Å². The lowest BCUT2D eigenvalue weighted by atomic mass is 10.1. The van der Waals surface area contributed by atoms with Crippen LogP contribution in [0.15, 0.2) is 11.4 Å². The lowest BCUT2D eigenvalue weighted by Gasteiger charge is -2.20. The molecule has 0 saturated carbocycles. The van der Waals surface area contributed by atoms with E-state index in [1.165, 1.54) is 0 Å². The normalized spacial score (nSPS) is 12.8. The predicted molar refractivity (Wildman–Crippen MR) is 86.8 cm³/mol. The first-order valence-electron chi connectivity index (χ1n) is 7.34. The number of anilines is 1. The lowest BCUT2D eigenvalue weighted by Crippen LogP contribution is -2.23. The highest BCUT2D eigenvalue weighted by Gasteiger charge is 2.23. The SMILES string of the molecule is CCCCNc1nc(S(C)(=O)=O)nc2c1cnn2C(C)(C)C. The average molecular weight is 325 g/mol. The third-order valence-corrected chi connectivity index (χ3v) is 4.04. The number of unbranched alkanes of at least 4 members (excludes halogenated alkanes) is 1. The predicted octanol–water partition coefficient (Wildman–Crippen LogP) is 2.20. The Kier molecular flexibility index (Phi) is 4.42. The van der Waals surface area contributed by atoms with E-state index in [0.717, 1.165) is 31.0 Å². The Hall–Kier alpha value is -1.70. The minimum atomic E-state index is -3.49. The van der Waals surface area contributed by atoms with E-state index >= 15 is 0 Å². The maximum Gasteiger partial charge on any atom is 0.250 e. The molecule has 0 aliphatic carbocycles. The van der Waals surface area contributed by atoms with Crippen molar-refractivity contribution < 1.29 is 8.42 Å². The summed E-state index contributed by atoms with van der Waals surface area (Å²) in [7, 11) is -3.49. The third-order valence-electron chi connectivity index (χ3n) is 3.20. The van der Waals surface area contributed by atoms with Crippen molar-refractivity contribution in [3.05, 3.63) is 6.20 Å². The number of aromatic nitrogens is 4. The summed E-state index contributed by atoms with van der Waals surface area (Å²) in [5, 5.41) is 8.11. The van der Waals surface area contributed by atoms with Crippen LogP contribution in [0, 0.1) is 0 Å². The van der Waals surface area contributed by atoms with Gasteiger partial charge in [-0.2, -0.15) is 10.1 Å². The second-order valence-electron chi connectivity index (χ2n) is 6.37. The lowest BCUT2D eigenvalue weighted by molar-refractivity contribution is 0.365. The van der Waals surface area contributed by atoms with E-state index in [1.807, 2.05) is 20.8 Å². The van der Waals surface area contributed by atoms with Crippen molar-refractivity contribution in [1.82, 2.24) is 19.7 Å². The molecule has 2 rings (SSSR count). The molecule has 0 saturated heterocycles. The van der Waals surface area contributed by atoms with Gasteiger partial charge in [-0.15, -0.1) is 0 Å². The molecule has 7 nitrogen and oxygen atoms in total. The van der Waals surface area contributed by atoms with Crippen LogP contribution in [0.1, 0.15) is 40.5 Å². The number of sulfone groups is 1. The first kappa shape index (κ1) is 16.7. The van der Waals surface area contributed by atoms with E-state index in [2.05, 4.69) is 27.3 Å². The number of nitrogens with one attached hydrogen (secondary N) is 1. The van der Waals surface area contributed by atoms with E-state index in [-0.39, 0.29) is 10.7 Å². The van der Waals surface area contributed by atoms with Crippen molar-refractivity contribution in [3.8, 4) is 0 Å². The highest BCUT2D eigenvalue weighted by molar-refractivity contribution is 7.90. The Morgan fingerprint density at radius 3 is 2.50 bits per heavy atom. The molecule has 8 heteroatoms. The molecule has 1 N–H and O–H groups in total. The molecular weight excluding hydrogens is 302 g/mol. The Balaban J connectivity index is 2.64. The summed E-state index contributed by atoms with van der Waals surface area (Å²) in [6.45, 7) is 8.80. The first-order valence-corrected chi connectivity index (χ1v) is 9.24. The van der Waals surface area contributed by atoms with Crippen molar-refractivity contribution in [2.75, 3.05) is 18.1 Å². The molecule has 2 aromatic rings. The van der Waals surface area contributed by atoms with Crippen LogP contribution < -0.4 is 5.32 Å². The zero-order valence-corrected chi connectivity index (χ0v) is 14.5. The fourth-order valence-corrected chi connectivity index (χ4v) is 2.57. The quantitative estimate of drug-likeness (QED) is 0.669. The zero-order valence-electron chi connectivity index (χ0n) is 13.7. The van der Waals surface area contributed by atoms with E-state index in [9.17, 15) is 8.42 Å². The van der Waals surface area contributed by atoms with Crippen molar-refractivity contribution in [3.63, 3.8) is 0 Å². The highest BCUT2D eigenvalue weighted by Crippen LogP contribution is 2.26. The number of rotatable bonds is 5. The summed E-state index contributed by atoms with van der Waals surface area (Å²) < 4.78 is 25.4. The molecule has 0 aliphatic heterocycles. The second-order valence-corrected chi connectivity index (χ2v) is 8.28. The Bertz CT molecular complexity index is 774. The Morgan fingerprint density at radius 2 is 1.95 bits per heavy atom. The van der Waals surface area contributed by atoms with Gasteiger partial charge in [0.1, 0.15) is 5.82 Å². The van der Waals surface area contributed by atoms with Crippen molar-refractivity contribution in [1.29, 1.82) is 0 Å². The molecular formula is C14H23N5O2S. The van der Waals surface area contributed by atoms with Gasteiger partial charge in [0.15, 0.2) is 5.65 Å². The molecule has 2 aromatic heterocycles. The molecule has 2 heterocycles. The smallest absolute Gasteiger partial charge is 0.250 e. The molecule has 0 spiro atoms. The first-order chi connectivity index (χ1) is 10.1.